The zero-order chi connectivity index (χ0) is 38.8. The molecule has 1 fully saturated rings. The molecule has 12 heteroatoms. The quantitative estimate of drug-likeness (QED) is 0.140. The number of carbonyl (C=O) groups is 1. The molecular weight excluding hydrogens is 672 g/mol. The third-order valence-electron chi connectivity index (χ3n) is 9.19. The number of hydrogen-bond acceptors (Lipinski definition) is 12. The minimum Gasteiger partial charge on any atom is -0.458 e. The SMILES string of the molecule is CC1=CC=CC=CC=CC=CC[C@@H]2C[C@H](O)C[C@](O)(C[C@H](O)C[C@@H](O)C[C@H](O)CC(O)C[C@H](O)C[C@H](O)C[C@H](O)C=C[C@H](C)[C@H](C(C)C)OC1=O)O2. The van der Waals surface area contributed by atoms with Crippen molar-refractivity contribution in [1.82, 2.24) is 0 Å². The van der Waals surface area contributed by atoms with Gasteiger partial charge in [0, 0.05) is 37.2 Å². The molecule has 2 bridgehead atoms. The predicted octanol–water partition coefficient (Wildman–Crippen LogP) is 2.81. The highest BCUT2D eigenvalue weighted by Crippen LogP contribution is 2.33. The third-order valence-corrected chi connectivity index (χ3v) is 9.19. The fourth-order valence-electron chi connectivity index (χ4n) is 6.68. The lowest BCUT2D eigenvalue weighted by atomic mass is 9.90. The zero-order valence-electron chi connectivity index (χ0n) is 31.1. The van der Waals surface area contributed by atoms with Crippen LogP contribution in [0, 0.1) is 11.8 Å². The van der Waals surface area contributed by atoms with Gasteiger partial charge in [0.2, 0.25) is 0 Å². The summed E-state index contributed by atoms with van der Waals surface area (Å²) >= 11 is 0. The van der Waals surface area contributed by atoms with E-state index in [2.05, 4.69) is 0 Å². The maximum absolute atomic E-state index is 12.8. The van der Waals surface area contributed by atoms with E-state index < -0.39 is 72.8 Å². The van der Waals surface area contributed by atoms with Gasteiger partial charge in [-0.05, 0) is 51.4 Å². The first-order valence-corrected chi connectivity index (χ1v) is 18.5. The van der Waals surface area contributed by atoms with Crippen LogP contribution in [0.1, 0.15) is 91.9 Å². The Balaban J connectivity index is 2.16. The number of esters is 1. The van der Waals surface area contributed by atoms with Gasteiger partial charge in [0.05, 0.1) is 54.9 Å². The van der Waals surface area contributed by atoms with Crippen molar-refractivity contribution in [3.05, 3.63) is 72.4 Å². The molecule has 0 aromatic heterocycles. The molecule has 0 aromatic rings. The first kappa shape index (κ1) is 45.7. The van der Waals surface area contributed by atoms with Crippen LogP contribution in [0.15, 0.2) is 72.4 Å². The smallest absolute Gasteiger partial charge is 0.334 e. The molecule has 1 saturated heterocycles. The van der Waals surface area contributed by atoms with Crippen molar-refractivity contribution in [2.24, 2.45) is 11.8 Å². The van der Waals surface area contributed by atoms with Crippen LogP contribution in [-0.2, 0) is 14.3 Å². The normalized spacial score (nSPS) is 38.0. The molecule has 12 nitrogen and oxygen atoms in total. The van der Waals surface area contributed by atoms with E-state index in [9.17, 15) is 50.8 Å². The fourth-order valence-corrected chi connectivity index (χ4v) is 6.68. The number of hydrogen-bond donors (Lipinski definition) is 9. The van der Waals surface area contributed by atoms with E-state index >= 15 is 0 Å². The number of rotatable bonds is 1. The number of cyclic esters (lactones) is 1. The molecule has 0 radical (unpaired) electrons. The minimum absolute atomic E-state index is 0.0183. The molecular formula is C40H64O12. The highest BCUT2D eigenvalue weighted by atomic mass is 16.6. The predicted molar refractivity (Wildman–Crippen MR) is 197 cm³/mol. The molecule has 2 heterocycles. The largest absolute Gasteiger partial charge is 0.458 e. The Morgan fingerprint density at radius 2 is 1.12 bits per heavy atom. The van der Waals surface area contributed by atoms with Gasteiger partial charge in [0.15, 0.2) is 5.79 Å². The Morgan fingerprint density at radius 1 is 0.654 bits per heavy atom. The monoisotopic (exact) mass is 736 g/mol. The van der Waals surface area contributed by atoms with Gasteiger partial charge in [-0.1, -0.05) is 87.6 Å². The summed E-state index contributed by atoms with van der Waals surface area (Å²) in [6.45, 7) is 7.40. The van der Waals surface area contributed by atoms with E-state index in [4.69, 9.17) is 9.47 Å². The van der Waals surface area contributed by atoms with Gasteiger partial charge in [-0.3, -0.25) is 0 Å². The Hall–Kier alpha value is -2.49. The summed E-state index contributed by atoms with van der Waals surface area (Å²) in [7, 11) is 0. The van der Waals surface area contributed by atoms with E-state index in [-0.39, 0.29) is 63.2 Å². The highest BCUT2D eigenvalue weighted by molar-refractivity contribution is 5.88. The second-order valence-corrected chi connectivity index (χ2v) is 14.9. The van der Waals surface area contributed by atoms with Crippen LogP contribution < -0.4 is 0 Å². The summed E-state index contributed by atoms with van der Waals surface area (Å²) < 4.78 is 11.6. The number of carbonyl (C=O) groups excluding carboxylic acids is 1. The summed E-state index contributed by atoms with van der Waals surface area (Å²) in [5, 5.41) is 94.9. The summed E-state index contributed by atoms with van der Waals surface area (Å²) in [5.41, 5.74) is 0.414. The van der Waals surface area contributed by atoms with Crippen LogP contribution in [0.2, 0.25) is 0 Å². The highest BCUT2D eigenvalue weighted by Gasteiger charge is 2.41. The molecule has 2 rings (SSSR count). The van der Waals surface area contributed by atoms with Crippen molar-refractivity contribution < 1.29 is 60.2 Å². The molecule has 9 N–H and O–H groups in total. The lowest BCUT2D eigenvalue weighted by molar-refractivity contribution is -0.282. The first-order chi connectivity index (χ1) is 24.5. The molecule has 1 unspecified atom stereocenters. The van der Waals surface area contributed by atoms with Gasteiger partial charge in [-0.2, -0.15) is 0 Å². The number of aliphatic hydroxyl groups is 9. The molecule has 2 aliphatic rings. The van der Waals surface area contributed by atoms with Crippen LogP contribution in [0.5, 0.6) is 0 Å². The Bertz CT molecular complexity index is 1220. The molecule has 12 atom stereocenters. The lowest BCUT2D eigenvalue weighted by Crippen LogP contribution is -2.48. The van der Waals surface area contributed by atoms with Crippen molar-refractivity contribution in [1.29, 1.82) is 0 Å². The number of ether oxygens (including phenoxy) is 2. The minimum atomic E-state index is -1.81. The molecule has 0 saturated carbocycles. The first-order valence-electron chi connectivity index (χ1n) is 18.5. The van der Waals surface area contributed by atoms with E-state index in [1.165, 1.54) is 6.08 Å². The molecule has 52 heavy (non-hydrogen) atoms. The Labute approximate surface area is 308 Å². The maximum Gasteiger partial charge on any atom is 0.334 e. The van der Waals surface area contributed by atoms with Gasteiger partial charge in [0.25, 0.3) is 0 Å². The molecule has 2 aliphatic heterocycles. The summed E-state index contributed by atoms with van der Waals surface area (Å²) in [5.74, 6) is -2.54. The average Bonchev–Trinajstić information content (AvgIpc) is 3.01. The van der Waals surface area contributed by atoms with Gasteiger partial charge in [0.1, 0.15) is 6.10 Å². The summed E-state index contributed by atoms with van der Waals surface area (Å²) in [4.78, 5) is 12.8. The molecule has 0 amide bonds. The maximum atomic E-state index is 12.8. The molecule has 0 aliphatic carbocycles. The summed E-state index contributed by atoms with van der Waals surface area (Å²) in [6.07, 6.45) is 8.98. The van der Waals surface area contributed by atoms with E-state index in [1.807, 2.05) is 51.2 Å². The molecule has 0 aromatic carbocycles. The van der Waals surface area contributed by atoms with Crippen LogP contribution in [0.4, 0.5) is 0 Å². The van der Waals surface area contributed by atoms with Crippen molar-refractivity contribution in [3.63, 3.8) is 0 Å². The Kier molecular flexibility index (Phi) is 20.5. The van der Waals surface area contributed by atoms with E-state index in [1.54, 1.807) is 37.3 Å². The second kappa shape index (κ2) is 23.3. The van der Waals surface area contributed by atoms with Gasteiger partial charge >= 0.3 is 5.97 Å². The molecule has 0 spiro atoms. The number of aliphatic hydroxyl groups excluding tert-OH is 8. The van der Waals surface area contributed by atoms with Crippen LogP contribution in [0.25, 0.3) is 0 Å². The lowest BCUT2D eigenvalue weighted by Gasteiger charge is -2.40. The van der Waals surface area contributed by atoms with E-state index in [0.29, 0.717) is 18.4 Å². The van der Waals surface area contributed by atoms with Crippen molar-refractivity contribution in [2.75, 3.05) is 0 Å². The average molecular weight is 737 g/mol. The Morgan fingerprint density at radius 3 is 1.65 bits per heavy atom. The van der Waals surface area contributed by atoms with Gasteiger partial charge < -0.3 is 55.4 Å². The standard InChI is InChI=1S/C40H64O12/c1-26(2)38-27(3)15-16-29(41)17-30(42)18-31(43)19-32(44)20-33(45)21-34(46)22-35(47)24-40(50)25-36(48)23-37(52-40)14-12-10-8-6-5-7-9-11-13-28(4)39(49)51-38/h5-13,15-16,26-27,29-38,41-48,50H,14,17-25H2,1-4H3/t27-,29+,30+,31+,32?,33+,34-,35+,36-,37+,38-,40-/m0/s1. The third kappa shape index (κ3) is 18.5. The zero-order valence-corrected chi connectivity index (χ0v) is 31.1. The van der Waals surface area contributed by atoms with Gasteiger partial charge in [-0.15, -0.1) is 0 Å². The van der Waals surface area contributed by atoms with Crippen LogP contribution in [0.3, 0.4) is 0 Å². The number of allylic oxidation sites excluding steroid dienone is 8. The van der Waals surface area contributed by atoms with Gasteiger partial charge in [-0.25, -0.2) is 4.79 Å². The van der Waals surface area contributed by atoms with Crippen molar-refractivity contribution in [2.45, 2.75) is 159 Å². The van der Waals surface area contributed by atoms with Crippen LogP contribution >= 0.6 is 0 Å². The van der Waals surface area contributed by atoms with Crippen molar-refractivity contribution >= 4 is 5.97 Å². The van der Waals surface area contributed by atoms with Crippen molar-refractivity contribution in [3.8, 4) is 0 Å². The summed E-state index contributed by atoms with van der Waals surface area (Å²) in [6, 6.07) is 0. The second-order valence-electron chi connectivity index (χ2n) is 14.9. The van der Waals surface area contributed by atoms with Crippen LogP contribution in [-0.4, -0.2) is 119 Å². The number of fused-ring (bicyclic) bond motifs is 2. The topological polar surface area (TPSA) is 218 Å². The fraction of sp³-hybridized carbons (Fsp3) is 0.675. The van der Waals surface area contributed by atoms with E-state index in [0.717, 1.165) is 0 Å². The molecule has 296 valence electrons.